The molecule has 0 saturated heterocycles. The molecular weight excluding hydrogens is 453 g/mol. The average molecular weight is 482 g/mol. The fraction of sp³-hybridized carbons (Fsp3) is 0.346. The van der Waals surface area contributed by atoms with Gasteiger partial charge in [-0.3, -0.25) is 9.59 Å². The number of ether oxygens (including phenoxy) is 1. The van der Waals surface area contributed by atoms with Crippen molar-refractivity contribution < 1.29 is 18.7 Å². The van der Waals surface area contributed by atoms with Gasteiger partial charge < -0.3 is 15.0 Å². The number of amides is 2. The molecule has 2 heterocycles. The first-order valence-corrected chi connectivity index (χ1v) is 12.2. The highest BCUT2D eigenvalue weighted by Crippen LogP contribution is 2.37. The Bertz CT molecular complexity index is 1180. The van der Waals surface area contributed by atoms with E-state index in [0.717, 1.165) is 23.1 Å². The summed E-state index contributed by atoms with van der Waals surface area (Å²) in [7, 11) is 0. The number of fused-ring (bicyclic) bond motifs is 1. The standard InChI is InChI=1S/C26H28FN3O3S/c1-16(2)13-28-26(32)23-15-34-24(29-23)14-33-21-9-6-18-10-11-30(17(3)31)25(22(18)12-21)19-4-7-20(27)8-5-19/h4-9,12,15-16,25H,10-11,13-14H2,1-3H3,(H,28,32)/t25-/m0/s1. The number of carbonyl (C=O) groups excluding carboxylic acids is 2. The van der Waals surface area contributed by atoms with E-state index in [1.54, 1.807) is 24.4 Å². The van der Waals surface area contributed by atoms with Gasteiger partial charge in [-0.2, -0.15) is 0 Å². The second-order valence-corrected chi connectivity index (χ2v) is 9.74. The molecule has 6 nitrogen and oxygen atoms in total. The predicted molar refractivity (Wildman–Crippen MR) is 129 cm³/mol. The van der Waals surface area contributed by atoms with E-state index in [1.807, 2.05) is 36.9 Å². The van der Waals surface area contributed by atoms with Gasteiger partial charge in [0.15, 0.2) is 0 Å². The quantitative estimate of drug-likeness (QED) is 0.529. The number of benzene rings is 2. The van der Waals surface area contributed by atoms with Crippen molar-refractivity contribution in [1.29, 1.82) is 0 Å². The van der Waals surface area contributed by atoms with Crippen molar-refractivity contribution in [2.24, 2.45) is 5.92 Å². The Balaban J connectivity index is 1.52. The fourth-order valence-electron chi connectivity index (χ4n) is 4.04. The number of nitrogens with one attached hydrogen (secondary N) is 1. The van der Waals surface area contributed by atoms with Gasteiger partial charge in [0.2, 0.25) is 5.91 Å². The molecular formula is C26H28FN3O3S. The maximum absolute atomic E-state index is 13.5. The molecule has 2 amide bonds. The summed E-state index contributed by atoms with van der Waals surface area (Å²) in [5.41, 5.74) is 3.35. The molecule has 0 saturated carbocycles. The molecule has 1 aliphatic heterocycles. The van der Waals surface area contributed by atoms with E-state index in [4.69, 9.17) is 4.74 Å². The van der Waals surface area contributed by atoms with Crippen molar-refractivity contribution in [2.75, 3.05) is 13.1 Å². The molecule has 0 aliphatic carbocycles. The monoisotopic (exact) mass is 481 g/mol. The highest BCUT2D eigenvalue weighted by molar-refractivity contribution is 7.09. The molecule has 1 aliphatic rings. The van der Waals surface area contributed by atoms with Gasteiger partial charge in [0, 0.05) is 25.4 Å². The second-order valence-electron chi connectivity index (χ2n) is 8.80. The zero-order valence-corrected chi connectivity index (χ0v) is 20.3. The molecule has 34 heavy (non-hydrogen) atoms. The van der Waals surface area contributed by atoms with E-state index in [-0.39, 0.29) is 30.3 Å². The van der Waals surface area contributed by atoms with Crippen LogP contribution in [0.1, 0.15) is 59.0 Å². The molecule has 1 atom stereocenters. The number of aromatic nitrogens is 1. The van der Waals surface area contributed by atoms with Crippen molar-refractivity contribution in [1.82, 2.24) is 15.2 Å². The smallest absolute Gasteiger partial charge is 0.270 e. The maximum atomic E-state index is 13.5. The predicted octanol–water partition coefficient (Wildman–Crippen LogP) is 4.74. The number of hydrogen-bond donors (Lipinski definition) is 1. The van der Waals surface area contributed by atoms with E-state index in [9.17, 15) is 14.0 Å². The first-order chi connectivity index (χ1) is 16.3. The molecule has 0 spiro atoms. The van der Waals surface area contributed by atoms with Crippen LogP contribution in [0.5, 0.6) is 5.75 Å². The van der Waals surface area contributed by atoms with E-state index >= 15 is 0 Å². The van der Waals surface area contributed by atoms with Crippen molar-refractivity contribution in [3.8, 4) is 5.75 Å². The van der Waals surface area contributed by atoms with Crippen LogP contribution < -0.4 is 10.1 Å². The summed E-state index contributed by atoms with van der Waals surface area (Å²) in [6, 6.07) is 11.8. The second kappa shape index (κ2) is 10.3. The Hall–Kier alpha value is -3.26. The molecule has 3 aromatic rings. The normalized spacial score (nSPS) is 15.2. The number of nitrogens with zero attached hydrogens (tertiary/aromatic N) is 2. The van der Waals surface area contributed by atoms with Crippen LogP contribution >= 0.6 is 11.3 Å². The summed E-state index contributed by atoms with van der Waals surface area (Å²) in [4.78, 5) is 30.8. The SMILES string of the molecule is CC(=O)N1CCc2ccc(OCc3nc(C(=O)NCC(C)C)cs3)cc2[C@@H]1c1ccc(F)cc1. The van der Waals surface area contributed by atoms with Gasteiger partial charge in [0.25, 0.3) is 5.91 Å². The van der Waals surface area contributed by atoms with Gasteiger partial charge in [-0.05, 0) is 53.3 Å². The Morgan fingerprint density at radius 2 is 2.00 bits per heavy atom. The Morgan fingerprint density at radius 3 is 2.71 bits per heavy atom. The number of thiazole rings is 1. The number of carbonyl (C=O) groups is 2. The van der Waals surface area contributed by atoms with Crippen LogP contribution in [0.25, 0.3) is 0 Å². The highest BCUT2D eigenvalue weighted by Gasteiger charge is 2.31. The molecule has 0 fully saturated rings. The molecule has 1 aromatic heterocycles. The van der Waals surface area contributed by atoms with Crippen molar-refractivity contribution >= 4 is 23.2 Å². The number of hydrogen-bond acceptors (Lipinski definition) is 5. The summed E-state index contributed by atoms with van der Waals surface area (Å²) < 4.78 is 19.5. The minimum absolute atomic E-state index is 0.0302. The zero-order valence-electron chi connectivity index (χ0n) is 19.5. The lowest BCUT2D eigenvalue weighted by molar-refractivity contribution is -0.130. The molecule has 4 rings (SSSR count). The Morgan fingerprint density at radius 1 is 1.24 bits per heavy atom. The lowest BCUT2D eigenvalue weighted by Gasteiger charge is -2.37. The highest BCUT2D eigenvalue weighted by atomic mass is 32.1. The number of rotatable bonds is 7. The van der Waals surface area contributed by atoms with Crippen LogP contribution in [0, 0.1) is 11.7 Å². The lowest BCUT2D eigenvalue weighted by atomic mass is 9.88. The third-order valence-electron chi connectivity index (χ3n) is 5.75. The Kier molecular flexibility index (Phi) is 7.26. The topological polar surface area (TPSA) is 71.5 Å². The van der Waals surface area contributed by atoms with Gasteiger partial charge in [0.1, 0.15) is 28.9 Å². The van der Waals surface area contributed by atoms with E-state index < -0.39 is 0 Å². The number of halogens is 1. The summed E-state index contributed by atoms with van der Waals surface area (Å²) in [5, 5.41) is 5.30. The van der Waals surface area contributed by atoms with Crippen LogP contribution in [0.15, 0.2) is 47.8 Å². The van der Waals surface area contributed by atoms with Gasteiger partial charge in [-0.1, -0.05) is 32.0 Å². The van der Waals surface area contributed by atoms with Crippen LogP contribution in [-0.2, 0) is 17.8 Å². The molecule has 8 heteroatoms. The maximum Gasteiger partial charge on any atom is 0.270 e. The summed E-state index contributed by atoms with van der Waals surface area (Å²) in [5.74, 6) is 0.491. The third-order valence-corrected chi connectivity index (χ3v) is 6.58. The third kappa shape index (κ3) is 5.44. The fourth-order valence-corrected chi connectivity index (χ4v) is 4.73. The van der Waals surface area contributed by atoms with Crippen LogP contribution in [-0.4, -0.2) is 34.8 Å². The first kappa shape index (κ1) is 23.9. The van der Waals surface area contributed by atoms with Crippen LogP contribution in [0.3, 0.4) is 0 Å². The van der Waals surface area contributed by atoms with Crippen molar-refractivity contribution in [3.05, 3.63) is 81.1 Å². The van der Waals surface area contributed by atoms with E-state index in [0.29, 0.717) is 35.5 Å². The average Bonchev–Trinajstić information content (AvgIpc) is 3.30. The lowest BCUT2D eigenvalue weighted by Crippen LogP contribution is -2.39. The summed E-state index contributed by atoms with van der Waals surface area (Å²) in [6.45, 7) is 7.07. The first-order valence-electron chi connectivity index (χ1n) is 11.3. The molecule has 178 valence electrons. The zero-order chi connectivity index (χ0) is 24.2. The molecule has 1 N–H and O–H groups in total. The molecule has 0 bridgehead atoms. The van der Waals surface area contributed by atoms with Crippen molar-refractivity contribution in [2.45, 2.75) is 39.8 Å². The Labute approximate surface area is 202 Å². The van der Waals surface area contributed by atoms with Gasteiger partial charge in [-0.15, -0.1) is 11.3 Å². The molecule has 0 unspecified atom stereocenters. The summed E-state index contributed by atoms with van der Waals surface area (Å²) >= 11 is 1.38. The van der Waals surface area contributed by atoms with Crippen LogP contribution in [0.2, 0.25) is 0 Å². The molecule has 2 aromatic carbocycles. The summed E-state index contributed by atoms with van der Waals surface area (Å²) in [6.07, 6.45) is 0.744. The minimum Gasteiger partial charge on any atom is -0.486 e. The largest absolute Gasteiger partial charge is 0.486 e. The van der Waals surface area contributed by atoms with Gasteiger partial charge in [-0.25, -0.2) is 9.37 Å². The van der Waals surface area contributed by atoms with Crippen molar-refractivity contribution in [3.63, 3.8) is 0 Å². The van der Waals surface area contributed by atoms with E-state index in [1.165, 1.54) is 23.5 Å². The van der Waals surface area contributed by atoms with Crippen LogP contribution in [0.4, 0.5) is 4.39 Å². The van der Waals surface area contributed by atoms with E-state index in [2.05, 4.69) is 10.3 Å². The molecule has 0 radical (unpaired) electrons. The minimum atomic E-state index is -0.313. The van der Waals surface area contributed by atoms with Gasteiger partial charge in [0.05, 0.1) is 6.04 Å². The van der Waals surface area contributed by atoms with Gasteiger partial charge >= 0.3 is 0 Å².